The SMILES string of the molecule is CCNC(=NCc1cccc(N(C)C)n1)NCCC(O)c1ccccc1.I. The van der Waals surface area contributed by atoms with Gasteiger partial charge in [0.05, 0.1) is 18.3 Å². The van der Waals surface area contributed by atoms with E-state index in [1.807, 2.05) is 74.4 Å². The maximum absolute atomic E-state index is 10.2. The quantitative estimate of drug-likeness (QED) is 0.306. The van der Waals surface area contributed by atoms with E-state index in [2.05, 4.69) is 20.6 Å². The fourth-order valence-electron chi connectivity index (χ4n) is 2.48. The molecule has 0 aliphatic carbocycles. The Kier molecular flexibility index (Phi) is 10.7. The summed E-state index contributed by atoms with van der Waals surface area (Å²) in [4.78, 5) is 11.1. The van der Waals surface area contributed by atoms with Crippen LogP contribution in [0.5, 0.6) is 0 Å². The highest BCUT2D eigenvalue weighted by Gasteiger charge is 2.07. The van der Waals surface area contributed by atoms with Crippen LogP contribution in [0.4, 0.5) is 5.82 Å². The maximum atomic E-state index is 10.2. The van der Waals surface area contributed by atoms with Gasteiger partial charge in [-0.15, -0.1) is 24.0 Å². The Hall–Kier alpha value is -1.87. The smallest absolute Gasteiger partial charge is 0.191 e. The van der Waals surface area contributed by atoms with Crippen molar-refractivity contribution in [3.63, 3.8) is 0 Å². The van der Waals surface area contributed by atoms with Crippen molar-refractivity contribution in [2.75, 3.05) is 32.1 Å². The number of guanidine groups is 1. The molecule has 0 bridgehead atoms. The molecule has 27 heavy (non-hydrogen) atoms. The van der Waals surface area contributed by atoms with Gasteiger partial charge in [0.25, 0.3) is 0 Å². The molecule has 1 aromatic carbocycles. The Bertz CT molecular complexity index is 694. The van der Waals surface area contributed by atoms with Crippen LogP contribution in [0.2, 0.25) is 0 Å². The predicted molar refractivity (Wildman–Crippen MR) is 123 cm³/mol. The number of hydrogen-bond acceptors (Lipinski definition) is 4. The van der Waals surface area contributed by atoms with Crippen molar-refractivity contribution in [1.82, 2.24) is 15.6 Å². The van der Waals surface area contributed by atoms with Gasteiger partial charge in [-0.25, -0.2) is 9.98 Å². The molecule has 0 radical (unpaired) electrons. The Morgan fingerprint density at radius 1 is 1.11 bits per heavy atom. The highest BCUT2D eigenvalue weighted by atomic mass is 127. The van der Waals surface area contributed by atoms with Gasteiger partial charge < -0.3 is 20.6 Å². The Morgan fingerprint density at radius 3 is 2.52 bits per heavy atom. The van der Waals surface area contributed by atoms with E-state index in [4.69, 9.17) is 0 Å². The summed E-state index contributed by atoms with van der Waals surface area (Å²) in [5.74, 6) is 1.64. The molecule has 0 saturated carbocycles. The number of rotatable bonds is 8. The summed E-state index contributed by atoms with van der Waals surface area (Å²) in [6, 6.07) is 15.6. The first-order chi connectivity index (χ1) is 12.6. The average Bonchev–Trinajstić information content (AvgIpc) is 2.67. The lowest BCUT2D eigenvalue weighted by Gasteiger charge is -2.15. The number of aliphatic hydroxyl groups is 1. The van der Waals surface area contributed by atoms with E-state index in [9.17, 15) is 5.11 Å². The summed E-state index contributed by atoms with van der Waals surface area (Å²) in [5, 5.41) is 16.7. The molecule has 2 aromatic rings. The van der Waals surface area contributed by atoms with E-state index in [1.54, 1.807) is 0 Å². The third kappa shape index (κ3) is 8.13. The molecule has 0 saturated heterocycles. The largest absolute Gasteiger partial charge is 0.388 e. The molecule has 2 rings (SSSR count). The van der Waals surface area contributed by atoms with Crippen molar-refractivity contribution < 1.29 is 5.11 Å². The van der Waals surface area contributed by atoms with Crippen molar-refractivity contribution in [3.05, 3.63) is 59.8 Å². The van der Waals surface area contributed by atoms with Crippen LogP contribution in [-0.2, 0) is 6.54 Å². The number of hydrogen-bond donors (Lipinski definition) is 3. The third-order valence-electron chi connectivity index (χ3n) is 3.89. The molecule has 0 spiro atoms. The standard InChI is InChI=1S/C20H29N5O.HI/c1-4-21-20(22-14-13-18(26)16-9-6-5-7-10-16)23-15-17-11-8-12-19(24-17)25(2)3;/h5-12,18,26H,4,13-15H2,1-3H3,(H2,21,22,23);1H. The van der Waals surface area contributed by atoms with Gasteiger partial charge in [0, 0.05) is 27.2 Å². The summed E-state index contributed by atoms with van der Waals surface area (Å²) < 4.78 is 0. The van der Waals surface area contributed by atoms with Crippen LogP contribution in [0.3, 0.4) is 0 Å². The minimum atomic E-state index is -0.481. The number of aliphatic imine (C=N–C) groups is 1. The zero-order valence-electron chi connectivity index (χ0n) is 16.2. The summed E-state index contributed by atoms with van der Waals surface area (Å²) in [6.07, 6.45) is 0.132. The number of nitrogens with zero attached hydrogens (tertiary/aromatic N) is 3. The molecule has 1 heterocycles. The van der Waals surface area contributed by atoms with Crippen molar-refractivity contribution >= 4 is 35.8 Å². The molecule has 148 valence electrons. The van der Waals surface area contributed by atoms with Crippen molar-refractivity contribution in [1.29, 1.82) is 0 Å². The highest BCUT2D eigenvalue weighted by molar-refractivity contribution is 14.0. The van der Waals surface area contributed by atoms with Crippen LogP contribution in [0.25, 0.3) is 0 Å². The zero-order chi connectivity index (χ0) is 18.8. The molecular weight excluding hydrogens is 453 g/mol. The molecule has 0 amide bonds. The van der Waals surface area contributed by atoms with E-state index >= 15 is 0 Å². The molecule has 1 unspecified atom stereocenters. The maximum Gasteiger partial charge on any atom is 0.191 e. The molecule has 0 fully saturated rings. The summed E-state index contributed by atoms with van der Waals surface area (Å²) in [7, 11) is 3.94. The molecule has 6 nitrogen and oxygen atoms in total. The second kappa shape index (κ2) is 12.5. The lowest BCUT2D eigenvalue weighted by Crippen LogP contribution is -2.38. The number of benzene rings is 1. The second-order valence-corrected chi connectivity index (χ2v) is 6.22. The van der Waals surface area contributed by atoms with Gasteiger partial charge in [-0.05, 0) is 31.0 Å². The van der Waals surface area contributed by atoms with Crippen LogP contribution >= 0.6 is 24.0 Å². The topological polar surface area (TPSA) is 72.8 Å². The van der Waals surface area contributed by atoms with E-state index in [0.29, 0.717) is 19.5 Å². The number of aliphatic hydroxyl groups excluding tert-OH is 1. The first kappa shape index (κ1) is 23.2. The highest BCUT2D eigenvalue weighted by Crippen LogP contribution is 2.14. The zero-order valence-corrected chi connectivity index (χ0v) is 18.6. The first-order valence-corrected chi connectivity index (χ1v) is 8.98. The van der Waals surface area contributed by atoms with Crippen LogP contribution in [0, 0.1) is 0 Å². The number of anilines is 1. The fourth-order valence-corrected chi connectivity index (χ4v) is 2.48. The third-order valence-corrected chi connectivity index (χ3v) is 3.89. The Morgan fingerprint density at radius 2 is 1.85 bits per heavy atom. The lowest BCUT2D eigenvalue weighted by molar-refractivity contribution is 0.168. The van der Waals surface area contributed by atoms with Crippen molar-refractivity contribution in [2.45, 2.75) is 26.0 Å². The van der Waals surface area contributed by atoms with E-state index < -0.39 is 6.10 Å². The van der Waals surface area contributed by atoms with Gasteiger partial charge in [-0.1, -0.05) is 36.4 Å². The average molecular weight is 483 g/mol. The van der Waals surface area contributed by atoms with Gasteiger partial charge in [-0.2, -0.15) is 0 Å². The van der Waals surface area contributed by atoms with E-state index in [0.717, 1.165) is 29.6 Å². The van der Waals surface area contributed by atoms with E-state index in [-0.39, 0.29) is 24.0 Å². The van der Waals surface area contributed by atoms with Gasteiger partial charge in [0.1, 0.15) is 5.82 Å². The lowest BCUT2D eigenvalue weighted by atomic mass is 10.1. The molecule has 3 N–H and O–H groups in total. The Balaban J connectivity index is 0.00000364. The van der Waals surface area contributed by atoms with Crippen LogP contribution < -0.4 is 15.5 Å². The number of pyridine rings is 1. The van der Waals surface area contributed by atoms with Gasteiger partial charge >= 0.3 is 0 Å². The summed E-state index contributed by atoms with van der Waals surface area (Å²) >= 11 is 0. The monoisotopic (exact) mass is 483 g/mol. The van der Waals surface area contributed by atoms with Gasteiger partial charge in [-0.3, -0.25) is 0 Å². The molecule has 1 aromatic heterocycles. The molecule has 7 heteroatoms. The van der Waals surface area contributed by atoms with Crippen LogP contribution in [-0.4, -0.2) is 43.2 Å². The van der Waals surface area contributed by atoms with E-state index in [1.165, 1.54) is 0 Å². The molecule has 0 aliphatic rings. The normalized spacial score (nSPS) is 12.1. The Labute approximate surface area is 179 Å². The fraction of sp³-hybridized carbons (Fsp3) is 0.400. The number of nitrogens with one attached hydrogen (secondary N) is 2. The minimum absolute atomic E-state index is 0. The van der Waals surface area contributed by atoms with Crippen molar-refractivity contribution in [3.8, 4) is 0 Å². The van der Waals surface area contributed by atoms with Crippen LogP contribution in [0.1, 0.15) is 30.7 Å². The number of aromatic nitrogens is 1. The predicted octanol–water partition coefficient (Wildman–Crippen LogP) is 2.94. The van der Waals surface area contributed by atoms with Gasteiger partial charge in [0.15, 0.2) is 5.96 Å². The van der Waals surface area contributed by atoms with Crippen LogP contribution in [0.15, 0.2) is 53.5 Å². The molecular formula is C20H30IN5O. The van der Waals surface area contributed by atoms with Crippen molar-refractivity contribution in [2.24, 2.45) is 4.99 Å². The minimum Gasteiger partial charge on any atom is -0.388 e. The first-order valence-electron chi connectivity index (χ1n) is 8.98. The molecule has 1 atom stereocenters. The number of halogens is 1. The summed E-state index contributed by atoms with van der Waals surface area (Å²) in [5.41, 5.74) is 1.85. The second-order valence-electron chi connectivity index (χ2n) is 6.22. The van der Waals surface area contributed by atoms with Gasteiger partial charge in [0.2, 0.25) is 0 Å². The summed E-state index contributed by atoms with van der Waals surface area (Å²) in [6.45, 7) is 3.94. The molecule has 0 aliphatic heterocycles.